The maximum Gasteiger partial charge on any atom is 0.302 e. The van der Waals surface area contributed by atoms with Crippen LogP contribution in [0.25, 0.3) is 0 Å². The highest BCUT2D eigenvalue weighted by Crippen LogP contribution is 2.65. The smallest absolute Gasteiger partial charge is 0.302 e. The third-order valence-corrected chi connectivity index (χ3v) is 6.73. The van der Waals surface area contributed by atoms with E-state index in [1.54, 1.807) is 0 Å². The molecule has 0 saturated heterocycles. The minimum absolute atomic E-state index is 0.0883. The van der Waals surface area contributed by atoms with Crippen LogP contribution in [-0.2, 0) is 19.1 Å². The van der Waals surface area contributed by atoms with E-state index in [0.29, 0.717) is 17.9 Å². The van der Waals surface area contributed by atoms with Gasteiger partial charge in [0, 0.05) is 24.3 Å². The largest absolute Gasteiger partial charge is 0.462 e. The summed E-state index contributed by atoms with van der Waals surface area (Å²) < 4.78 is 5.60. The molecule has 2 aliphatic carbocycles. The van der Waals surface area contributed by atoms with Gasteiger partial charge in [0.25, 0.3) is 0 Å². The summed E-state index contributed by atoms with van der Waals surface area (Å²) in [5.74, 6) is 0.0569. The van der Waals surface area contributed by atoms with Gasteiger partial charge in [-0.2, -0.15) is 0 Å². The van der Waals surface area contributed by atoms with Gasteiger partial charge in [-0.1, -0.05) is 31.6 Å². The number of fused-ring (bicyclic) bond motifs is 1. The van der Waals surface area contributed by atoms with E-state index >= 15 is 0 Å². The molecule has 2 aliphatic rings. The van der Waals surface area contributed by atoms with Gasteiger partial charge in [-0.05, 0) is 51.4 Å². The molecule has 0 N–H and O–H groups in total. The Kier molecular flexibility index (Phi) is 6.25. The van der Waals surface area contributed by atoms with Crippen LogP contribution in [0.2, 0.25) is 0 Å². The van der Waals surface area contributed by atoms with E-state index in [-0.39, 0.29) is 18.0 Å². The van der Waals surface area contributed by atoms with Crippen LogP contribution < -0.4 is 0 Å². The molecule has 5 atom stereocenters. The Bertz CT molecular complexity index is 628. The topological polar surface area (TPSA) is 60.4 Å². The zero-order chi connectivity index (χ0) is 19.5. The van der Waals surface area contributed by atoms with Crippen LogP contribution in [0.4, 0.5) is 0 Å². The summed E-state index contributed by atoms with van der Waals surface area (Å²) in [5.41, 5.74) is 0.479. The number of hydrogen-bond acceptors (Lipinski definition) is 4. The summed E-state index contributed by atoms with van der Waals surface area (Å²) in [6.07, 6.45) is 9.61. The van der Waals surface area contributed by atoms with Crippen molar-refractivity contribution < 1.29 is 19.1 Å². The summed E-state index contributed by atoms with van der Waals surface area (Å²) in [6.45, 7) is 9.77. The highest BCUT2D eigenvalue weighted by atomic mass is 16.5. The van der Waals surface area contributed by atoms with Crippen molar-refractivity contribution in [1.82, 2.24) is 0 Å². The van der Waals surface area contributed by atoms with E-state index < -0.39 is 10.8 Å². The molecule has 144 valence electrons. The Labute approximate surface area is 157 Å². The zero-order valence-corrected chi connectivity index (χ0v) is 16.7. The van der Waals surface area contributed by atoms with Gasteiger partial charge in [-0.15, -0.1) is 0 Å². The number of carbonyl (C=O) groups is 3. The normalized spacial score (nSPS) is 34.3. The molecular formula is C22H32O4. The van der Waals surface area contributed by atoms with Crippen LogP contribution in [0.5, 0.6) is 0 Å². The number of carbonyl (C=O) groups excluding carboxylic acids is 3. The van der Waals surface area contributed by atoms with Gasteiger partial charge in [-0.25, -0.2) is 0 Å². The van der Waals surface area contributed by atoms with Crippen LogP contribution in [-0.4, -0.2) is 24.6 Å². The predicted octanol–water partition coefficient (Wildman–Crippen LogP) is 4.43. The fourth-order valence-corrected chi connectivity index (χ4v) is 5.33. The van der Waals surface area contributed by atoms with E-state index in [4.69, 9.17) is 4.74 Å². The molecule has 0 heterocycles. The number of allylic oxidation sites excluding steroid dienone is 3. The third kappa shape index (κ3) is 3.30. The van der Waals surface area contributed by atoms with E-state index in [2.05, 4.69) is 26.8 Å². The minimum atomic E-state index is -0.864. The molecule has 0 radical (unpaired) electrons. The summed E-state index contributed by atoms with van der Waals surface area (Å²) in [4.78, 5) is 36.0. The van der Waals surface area contributed by atoms with Crippen molar-refractivity contribution in [3.8, 4) is 0 Å². The Hall–Kier alpha value is -1.71. The minimum Gasteiger partial charge on any atom is -0.462 e. The van der Waals surface area contributed by atoms with Crippen molar-refractivity contribution >= 4 is 18.5 Å². The maximum absolute atomic E-state index is 12.5. The lowest BCUT2D eigenvalue weighted by molar-refractivity contribution is -0.162. The summed E-state index contributed by atoms with van der Waals surface area (Å²) in [6, 6.07) is 0. The highest BCUT2D eigenvalue weighted by Gasteiger charge is 2.65. The molecule has 0 aromatic carbocycles. The molecule has 0 amide bonds. The number of aldehydes is 2. The standard InChI is InChI=1S/C22H32O4/c1-15(2)7-6-8-16(3)19-11-12-21(5)20(26-17(4)25)10-9-18(13-23)22(19,21)14-24/h7,9,13-14,16,19-20H,6,8,10-12H2,1-5H3. The van der Waals surface area contributed by atoms with Crippen LogP contribution in [0.15, 0.2) is 23.3 Å². The van der Waals surface area contributed by atoms with Crippen molar-refractivity contribution in [2.24, 2.45) is 22.7 Å². The molecule has 26 heavy (non-hydrogen) atoms. The van der Waals surface area contributed by atoms with Crippen molar-refractivity contribution in [2.75, 3.05) is 0 Å². The molecule has 0 aromatic rings. The van der Waals surface area contributed by atoms with Crippen molar-refractivity contribution in [2.45, 2.75) is 72.8 Å². The first-order chi connectivity index (χ1) is 12.2. The summed E-state index contributed by atoms with van der Waals surface area (Å²) in [5, 5.41) is 0. The van der Waals surface area contributed by atoms with E-state index in [1.807, 2.05) is 13.0 Å². The lowest BCUT2D eigenvalue weighted by Crippen LogP contribution is -2.54. The molecular weight excluding hydrogens is 328 g/mol. The molecule has 0 spiro atoms. The third-order valence-electron chi connectivity index (χ3n) is 6.73. The number of hydrogen-bond donors (Lipinski definition) is 0. The van der Waals surface area contributed by atoms with Gasteiger partial charge in [0.05, 0.1) is 5.41 Å². The molecule has 1 fully saturated rings. The second-order valence-electron chi connectivity index (χ2n) is 8.50. The Balaban J connectivity index is 2.41. The first-order valence-electron chi connectivity index (χ1n) is 9.65. The Morgan fingerprint density at radius 1 is 1.35 bits per heavy atom. The Morgan fingerprint density at radius 2 is 2.04 bits per heavy atom. The van der Waals surface area contributed by atoms with E-state index in [0.717, 1.165) is 38.3 Å². The van der Waals surface area contributed by atoms with Crippen LogP contribution in [0.1, 0.15) is 66.7 Å². The van der Waals surface area contributed by atoms with Gasteiger partial charge in [0.2, 0.25) is 0 Å². The van der Waals surface area contributed by atoms with Crippen molar-refractivity contribution in [1.29, 1.82) is 0 Å². The average Bonchev–Trinajstić information content (AvgIpc) is 2.89. The van der Waals surface area contributed by atoms with Crippen molar-refractivity contribution in [3.63, 3.8) is 0 Å². The van der Waals surface area contributed by atoms with Crippen LogP contribution in [0, 0.1) is 22.7 Å². The molecule has 0 aromatic heterocycles. The van der Waals surface area contributed by atoms with Gasteiger partial charge >= 0.3 is 5.97 Å². The zero-order valence-electron chi connectivity index (χ0n) is 16.7. The fraction of sp³-hybridized carbons (Fsp3) is 0.682. The first-order valence-corrected chi connectivity index (χ1v) is 9.65. The van der Waals surface area contributed by atoms with Gasteiger partial charge in [0.1, 0.15) is 18.7 Å². The quantitative estimate of drug-likeness (QED) is 0.383. The lowest BCUT2D eigenvalue weighted by atomic mass is 9.53. The molecule has 5 unspecified atom stereocenters. The number of esters is 1. The SMILES string of the molecule is CC(=O)OC1CC=C(C=O)C2(C=O)C(C(C)CCC=C(C)C)CCC12C. The summed E-state index contributed by atoms with van der Waals surface area (Å²) >= 11 is 0. The fourth-order valence-electron chi connectivity index (χ4n) is 5.33. The van der Waals surface area contributed by atoms with Crippen LogP contribution >= 0.6 is 0 Å². The second-order valence-corrected chi connectivity index (χ2v) is 8.50. The molecule has 4 nitrogen and oxygen atoms in total. The molecule has 2 rings (SSSR count). The molecule has 1 saturated carbocycles. The Morgan fingerprint density at radius 3 is 2.58 bits per heavy atom. The summed E-state index contributed by atoms with van der Waals surface area (Å²) in [7, 11) is 0. The van der Waals surface area contributed by atoms with E-state index in [1.165, 1.54) is 12.5 Å². The maximum atomic E-state index is 12.5. The van der Waals surface area contributed by atoms with Crippen molar-refractivity contribution in [3.05, 3.63) is 23.3 Å². The van der Waals surface area contributed by atoms with Gasteiger partial charge < -0.3 is 9.53 Å². The van der Waals surface area contributed by atoms with Gasteiger partial charge in [0.15, 0.2) is 0 Å². The second kappa shape index (κ2) is 7.89. The molecule has 0 bridgehead atoms. The first kappa shape index (κ1) is 20.6. The predicted molar refractivity (Wildman–Crippen MR) is 101 cm³/mol. The average molecular weight is 360 g/mol. The monoisotopic (exact) mass is 360 g/mol. The highest BCUT2D eigenvalue weighted by molar-refractivity contribution is 5.87. The molecule has 4 heteroatoms. The number of ether oxygens (including phenoxy) is 1. The number of rotatable bonds is 7. The lowest BCUT2D eigenvalue weighted by Gasteiger charge is -2.50. The van der Waals surface area contributed by atoms with E-state index in [9.17, 15) is 14.4 Å². The van der Waals surface area contributed by atoms with Crippen LogP contribution in [0.3, 0.4) is 0 Å². The van der Waals surface area contributed by atoms with Gasteiger partial charge in [-0.3, -0.25) is 9.59 Å². The molecule has 0 aliphatic heterocycles.